The van der Waals surface area contributed by atoms with Gasteiger partial charge in [0.15, 0.2) is 5.17 Å². The second-order valence-corrected chi connectivity index (χ2v) is 11.1. The van der Waals surface area contributed by atoms with Crippen LogP contribution in [0.3, 0.4) is 0 Å². The van der Waals surface area contributed by atoms with Crippen LogP contribution in [0.4, 0.5) is 5.69 Å². The van der Waals surface area contributed by atoms with Gasteiger partial charge in [-0.15, -0.1) is 0 Å². The third-order valence-corrected chi connectivity index (χ3v) is 8.09. The van der Waals surface area contributed by atoms with E-state index in [1.54, 1.807) is 0 Å². The van der Waals surface area contributed by atoms with Crippen LogP contribution in [0.25, 0.3) is 0 Å². The zero-order valence-corrected chi connectivity index (χ0v) is 23.3. The summed E-state index contributed by atoms with van der Waals surface area (Å²) in [6.07, 6.45) is 2.24. The van der Waals surface area contributed by atoms with Crippen LogP contribution in [-0.4, -0.2) is 41.1 Å². The minimum absolute atomic E-state index is 0.0749. The van der Waals surface area contributed by atoms with E-state index in [-0.39, 0.29) is 24.3 Å². The number of thioether (sulfide) groups is 1. The number of aryl methyl sites for hydroxylation is 2. The lowest BCUT2D eigenvalue weighted by atomic mass is 9.93. The first kappa shape index (κ1) is 26.5. The van der Waals surface area contributed by atoms with E-state index in [1.165, 1.54) is 11.8 Å². The molecule has 1 fully saturated rings. The smallest absolute Gasteiger partial charge is 0.255 e. The van der Waals surface area contributed by atoms with Gasteiger partial charge in [-0.3, -0.25) is 9.59 Å². The molecule has 2 aromatic carbocycles. The van der Waals surface area contributed by atoms with Crippen molar-refractivity contribution in [2.75, 3.05) is 18.5 Å². The van der Waals surface area contributed by atoms with E-state index in [2.05, 4.69) is 10.6 Å². The average molecular weight is 551 g/mol. The quantitative estimate of drug-likeness (QED) is 0.451. The first-order valence-electron chi connectivity index (χ1n) is 12.8. The van der Waals surface area contributed by atoms with Crippen molar-refractivity contribution in [3.63, 3.8) is 0 Å². The number of benzene rings is 2. The molecule has 0 radical (unpaired) electrons. The summed E-state index contributed by atoms with van der Waals surface area (Å²) in [5, 5.41) is 9.41. The fourth-order valence-electron chi connectivity index (χ4n) is 5.02. The molecule has 0 unspecified atom stereocenters. The van der Waals surface area contributed by atoms with Gasteiger partial charge in [-0.2, -0.15) is 0 Å². The van der Waals surface area contributed by atoms with Crippen LogP contribution >= 0.6 is 23.4 Å². The zero-order chi connectivity index (χ0) is 26.8. The summed E-state index contributed by atoms with van der Waals surface area (Å²) in [6.45, 7) is 7.11. The first-order chi connectivity index (χ1) is 18.3. The number of ether oxygens (including phenoxy) is 1. The molecule has 0 aromatic heterocycles. The number of anilines is 1. The van der Waals surface area contributed by atoms with Crippen LogP contribution in [0.5, 0.6) is 0 Å². The highest BCUT2D eigenvalue weighted by molar-refractivity contribution is 8.16. The van der Waals surface area contributed by atoms with E-state index < -0.39 is 6.04 Å². The number of halogens is 1. The van der Waals surface area contributed by atoms with E-state index in [0.29, 0.717) is 22.8 Å². The van der Waals surface area contributed by atoms with Gasteiger partial charge in [0, 0.05) is 29.6 Å². The summed E-state index contributed by atoms with van der Waals surface area (Å²) in [7, 11) is 0. The van der Waals surface area contributed by atoms with Gasteiger partial charge in [0.25, 0.3) is 5.91 Å². The fraction of sp³-hybridized carbons (Fsp3) is 0.345. The van der Waals surface area contributed by atoms with E-state index in [1.807, 2.05) is 73.5 Å². The standard InChI is InChI=1S/C29H31ClN4O3S/c1-17-6-11-24(18(2)13-17)33-28(36)26-19(3)32-29-34(27(26)20-7-9-21(30)10-8-20)22(16-38-29)14-25(35)31-15-23-5-4-12-37-23/h6-11,13,16,23,27H,4-5,12,14-15H2,1-3H3,(H,31,35)(H,33,36)/t23-,27+/m1/s1. The van der Waals surface area contributed by atoms with E-state index in [4.69, 9.17) is 21.3 Å². The maximum Gasteiger partial charge on any atom is 0.255 e. The molecule has 2 amide bonds. The molecule has 0 saturated carbocycles. The lowest BCUT2D eigenvalue weighted by molar-refractivity contribution is -0.121. The Morgan fingerprint density at radius 1 is 1.16 bits per heavy atom. The molecular formula is C29H31ClN4O3S. The molecule has 38 heavy (non-hydrogen) atoms. The second kappa shape index (κ2) is 11.4. The maximum absolute atomic E-state index is 13.8. The van der Waals surface area contributed by atoms with Gasteiger partial charge in [-0.25, -0.2) is 4.99 Å². The first-order valence-corrected chi connectivity index (χ1v) is 14.0. The van der Waals surface area contributed by atoms with Crippen molar-refractivity contribution >= 4 is 46.0 Å². The molecule has 3 aliphatic heterocycles. The Balaban J connectivity index is 1.43. The number of hydrogen-bond donors (Lipinski definition) is 2. The molecule has 7 nitrogen and oxygen atoms in total. The molecule has 9 heteroatoms. The number of amidine groups is 1. The molecule has 0 aliphatic carbocycles. The van der Waals surface area contributed by atoms with E-state index in [0.717, 1.165) is 52.7 Å². The van der Waals surface area contributed by atoms with Gasteiger partial charge < -0.3 is 20.3 Å². The average Bonchev–Trinajstić information content (AvgIpc) is 3.54. The molecular weight excluding hydrogens is 520 g/mol. The number of amides is 2. The van der Waals surface area contributed by atoms with Crippen LogP contribution in [0, 0.1) is 13.8 Å². The Labute approximate surface area is 232 Å². The summed E-state index contributed by atoms with van der Waals surface area (Å²) in [5.74, 6) is -0.313. The van der Waals surface area contributed by atoms with Gasteiger partial charge in [0.1, 0.15) is 0 Å². The zero-order valence-electron chi connectivity index (χ0n) is 21.7. The number of aliphatic imine (C=N–C) groups is 1. The van der Waals surface area contributed by atoms with Crippen molar-refractivity contribution in [2.45, 2.75) is 52.2 Å². The van der Waals surface area contributed by atoms with Gasteiger partial charge >= 0.3 is 0 Å². The Kier molecular flexibility index (Phi) is 7.93. The normalized spacial score (nSPS) is 20.7. The number of fused-ring (bicyclic) bond motifs is 1. The predicted octanol–water partition coefficient (Wildman–Crippen LogP) is 5.86. The molecule has 5 rings (SSSR count). The minimum Gasteiger partial charge on any atom is -0.376 e. The number of hydrogen-bond acceptors (Lipinski definition) is 6. The lowest BCUT2D eigenvalue weighted by Gasteiger charge is -2.36. The van der Waals surface area contributed by atoms with Crippen molar-refractivity contribution in [1.82, 2.24) is 10.2 Å². The highest BCUT2D eigenvalue weighted by Crippen LogP contribution is 2.45. The van der Waals surface area contributed by atoms with Crippen molar-refractivity contribution in [2.24, 2.45) is 4.99 Å². The molecule has 0 bridgehead atoms. The molecule has 198 valence electrons. The molecule has 1 saturated heterocycles. The molecule has 0 spiro atoms. The van der Waals surface area contributed by atoms with Crippen LogP contribution in [0.1, 0.15) is 48.9 Å². The van der Waals surface area contributed by atoms with E-state index in [9.17, 15) is 9.59 Å². The lowest BCUT2D eigenvalue weighted by Crippen LogP contribution is -2.39. The molecule has 3 aliphatic rings. The van der Waals surface area contributed by atoms with Gasteiger partial charge in [0.05, 0.1) is 29.8 Å². The largest absolute Gasteiger partial charge is 0.376 e. The van der Waals surface area contributed by atoms with Gasteiger partial charge in [-0.05, 0) is 68.3 Å². The minimum atomic E-state index is -0.460. The van der Waals surface area contributed by atoms with Crippen molar-refractivity contribution in [3.05, 3.63) is 86.6 Å². The monoisotopic (exact) mass is 550 g/mol. The second-order valence-electron chi connectivity index (χ2n) is 9.83. The van der Waals surface area contributed by atoms with Gasteiger partial charge in [0.2, 0.25) is 5.91 Å². The number of carbonyl (C=O) groups excluding carboxylic acids is 2. The third kappa shape index (κ3) is 5.67. The Bertz CT molecular complexity index is 1350. The van der Waals surface area contributed by atoms with Crippen LogP contribution < -0.4 is 10.6 Å². The van der Waals surface area contributed by atoms with E-state index >= 15 is 0 Å². The number of nitrogens with zero attached hydrogens (tertiary/aromatic N) is 2. The summed E-state index contributed by atoms with van der Waals surface area (Å²) in [4.78, 5) is 33.5. The number of nitrogens with one attached hydrogen (secondary N) is 2. The van der Waals surface area contributed by atoms with Gasteiger partial charge in [-0.1, -0.05) is 53.2 Å². The molecule has 2 N–H and O–H groups in total. The predicted molar refractivity (Wildman–Crippen MR) is 153 cm³/mol. The fourth-order valence-corrected chi connectivity index (χ4v) is 6.11. The Morgan fingerprint density at radius 2 is 1.95 bits per heavy atom. The number of rotatable bonds is 7. The van der Waals surface area contributed by atoms with Crippen molar-refractivity contribution in [1.29, 1.82) is 0 Å². The van der Waals surface area contributed by atoms with Crippen molar-refractivity contribution in [3.8, 4) is 0 Å². The molecule has 2 aromatic rings. The maximum atomic E-state index is 13.8. The SMILES string of the molecule is CC1=C(C(=O)Nc2ccc(C)cc2C)[C@H](c2ccc(Cl)cc2)N2C(CC(=O)NC[C@H]3CCCO3)=CSC2=N1. The van der Waals surface area contributed by atoms with Crippen LogP contribution in [0.15, 0.2) is 69.8 Å². The van der Waals surface area contributed by atoms with Crippen LogP contribution in [-0.2, 0) is 14.3 Å². The Hall–Kier alpha value is -3.07. The number of carbonyl (C=O) groups is 2. The topological polar surface area (TPSA) is 83.0 Å². The van der Waals surface area contributed by atoms with Crippen LogP contribution in [0.2, 0.25) is 5.02 Å². The summed E-state index contributed by atoms with van der Waals surface area (Å²) < 4.78 is 5.64. The summed E-state index contributed by atoms with van der Waals surface area (Å²) >= 11 is 7.67. The summed E-state index contributed by atoms with van der Waals surface area (Å²) in [5.41, 5.74) is 5.73. The third-order valence-electron chi connectivity index (χ3n) is 6.95. The Morgan fingerprint density at radius 3 is 2.66 bits per heavy atom. The molecule has 3 heterocycles. The highest BCUT2D eigenvalue weighted by atomic mass is 35.5. The molecule has 2 atom stereocenters. The highest BCUT2D eigenvalue weighted by Gasteiger charge is 2.40. The van der Waals surface area contributed by atoms with Crippen molar-refractivity contribution < 1.29 is 14.3 Å². The number of allylic oxidation sites excluding steroid dienone is 1. The summed E-state index contributed by atoms with van der Waals surface area (Å²) in [6, 6.07) is 13.0.